The molecule has 7 heteroatoms. The van der Waals surface area contributed by atoms with Crippen molar-refractivity contribution in [1.82, 2.24) is 15.5 Å². The highest BCUT2D eigenvalue weighted by molar-refractivity contribution is 5.81. The monoisotopic (exact) mass is 301 g/mol. The molecule has 1 aliphatic rings. The van der Waals surface area contributed by atoms with E-state index in [0.717, 1.165) is 0 Å². The van der Waals surface area contributed by atoms with E-state index in [2.05, 4.69) is 10.6 Å². The average molecular weight is 301 g/mol. The maximum Gasteiger partial charge on any atom is 0.315 e. The van der Waals surface area contributed by atoms with E-state index in [1.54, 1.807) is 4.90 Å². The second-order valence-corrected chi connectivity index (χ2v) is 5.24. The number of carbonyl (C=O) groups excluding carboxylic acids is 2. The number of likely N-dealkylation sites (tertiary alicyclic amines) is 1. The van der Waals surface area contributed by atoms with E-state index in [9.17, 15) is 9.59 Å². The molecule has 122 valence electrons. The van der Waals surface area contributed by atoms with Gasteiger partial charge in [0.15, 0.2) is 6.29 Å². The number of urea groups is 1. The van der Waals surface area contributed by atoms with Crippen LogP contribution in [0.3, 0.4) is 0 Å². The van der Waals surface area contributed by atoms with Crippen molar-refractivity contribution in [2.24, 2.45) is 0 Å². The first kappa shape index (κ1) is 17.7. The predicted molar refractivity (Wildman–Crippen MR) is 78.8 cm³/mol. The van der Waals surface area contributed by atoms with E-state index < -0.39 is 6.29 Å². The van der Waals surface area contributed by atoms with Crippen LogP contribution in [-0.4, -0.2) is 61.5 Å². The highest BCUT2D eigenvalue weighted by Crippen LogP contribution is 2.13. The summed E-state index contributed by atoms with van der Waals surface area (Å²) in [7, 11) is 0. The third kappa shape index (κ3) is 5.89. The largest absolute Gasteiger partial charge is 0.351 e. The van der Waals surface area contributed by atoms with Crippen LogP contribution in [0.1, 0.15) is 34.1 Å². The van der Waals surface area contributed by atoms with Gasteiger partial charge >= 0.3 is 6.03 Å². The SMILES string of the molecule is CCOC(CNC(=O)NC1CC(=O)N(C(C)C)C1)OCC. The molecule has 1 atom stereocenters. The Morgan fingerprint density at radius 1 is 1.33 bits per heavy atom. The quantitative estimate of drug-likeness (QED) is 0.647. The Bertz CT molecular complexity index is 343. The molecular formula is C14H27N3O4. The Labute approximate surface area is 126 Å². The fraction of sp³-hybridized carbons (Fsp3) is 0.857. The van der Waals surface area contributed by atoms with Crippen molar-refractivity contribution in [3.05, 3.63) is 0 Å². The Kier molecular flexibility index (Phi) is 7.45. The second-order valence-electron chi connectivity index (χ2n) is 5.24. The number of hydrogen-bond acceptors (Lipinski definition) is 4. The molecule has 1 aliphatic heterocycles. The van der Waals surface area contributed by atoms with Crippen molar-refractivity contribution >= 4 is 11.9 Å². The van der Waals surface area contributed by atoms with Gasteiger partial charge in [-0.25, -0.2) is 4.79 Å². The van der Waals surface area contributed by atoms with Crippen molar-refractivity contribution in [2.75, 3.05) is 26.3 Å². The van der Waals surface area contributed by atoms with Gasteiger partial charge in [0.1, 0.15) is 0 Å². The fourth-order valence-corrected chi connectivity index (χ4v) is 2.28. The fourth-order valence-electron chi connectivity index (χ4n) is 2.28. The van der Waals surface area contributed by atoms with Crippen molar-refractivity contribution < 1.29 is 19.1 Å². The molecule has 0 bridgehead atoms. The standard InChI is InChI=1S/C14H27N3O4/c1-5-20-13(21-6-2)8-15-14(19)16-11-7-12(18)17(9-11)10(3)4/h10-11,13H,5-9H2,1-4H3,(H2,15,16,19). The summed E-state index contributed by atoms with van der Waals surface area (Å²) >= 11 is 0. The molecule has 1 rings (SSSR count). The minimum atomic E-state index is -0.442. The molecule has 0 spiro atoms. The summed E-state index contributed by atoms with van der Waals surface area (Å²) in [4.78, 5) is 25.4. The van der Waals surface area contributed by atoms with Crippen LogP contribution in [0.15, 0.2) is 0 Å². The Balaban J connectivity index is 2.32. The first-order chi connectivity index (χ1) is 9.97. The van der Waals surface area contributed by atoms with Gasteiger partial charge in [-0.15, -0.1) is 0 Å². The van der Waals surface area contributed by atoms with Crippen molar-refractivity contribution in [1.29, 1.82) is 0 Å². The van der Waals surface area contributed by atoms with E-state index >= 15 is 0 Å². The zero-order chi connectivity index (χ0) is 15.8. The number of nitrogens with zero attached hydrogens (tertiary/aromatic N) is 1. The molecule has 0 aromatic rings. The van der Waals surface area contributed by atoms with Gasteiger partial charge < -0.3 is 25.0 Å². The van der Waals surface area contributed by atoms with Crippen LogP contribution in [0.5, 0.6) is 0 Å². The molecular weight excluding hydrogens is 274 g/mol. The molecule has 0 aliphatic carbocycles. The van der Waals surface area contributed by atoms with Crippen LogP contribution in [-0.2, 0) is 14.3 Å². The number of amides is 3. The summed E-state index contributed by atoms with van der Waals surface area (Å²) in [5.41, 5.74) is 0. The van der Waals surface area contributed by atoms with E-state index in [1.807, 2.05) is 27.7 Å². The molecule has 21 heavy (non-hydrogen) atoms. The van der Waals surface area contributed by atoms with Gasteiger partial charge in [0, 0.05) is 32.2 Å². The molecule has 1 saturated heterocycles. The lowest BCUT2D eigenvalue weighted by Crippen LogP contribution is -2.46. The highest BCUT2D eigenvalue weighted by Gasteiger charge is 2.31. The van der Waals surface area contributed by atoms with Crippen LogP contribution < -0.4 is 10.6 Å². The molecule has 1 heterocycles. The van der Waals surface area contributed by atoms with Crippen LogP contribution >= 0.6 is 0 Å². The van der Waals surface area contributed by atoms with Crippen molar-refractivity contribution in [2.45, 2.75) is 52.5 Å². The van der Waals surface area contributed by atoms with Crippen LogP contribution in [0, 0.1) is 0 Å². The number of hydrogen-bond donors (Lipinski definition) is 2. The highest BCUT2D eigenvalue weighted by atomic mass is 16.7. The first-order valence-electron chi connectivity index (χ1n) is 7.54. The van der Waals surface area contributed by atoms with E-state index in [-0.39, 0.29) is 30.6 Å². The molecule has 0 aromatic heterocycles. The van der Waals surface area contributed by atoms with E-state index in [1.165, 1.54) is 0 Å². The summed E-state index contributed by atoms with van der Waals surface area (Å²) in [6, 6.07) is -0.284. The summed E-state index contributed by atoms with van der Waals surface area (Å²) in [5.74, 6) is 0.0804. The predicted octanol–water partition coefficient (Wildman–Crippen LogP) is 0.694. The first-order valence-corrected chi connectivity index (χ1v) is 7.54. The minimum Gasteiger partial charge on any atom is -0.351 e. The molecule has 0 radical (unpaired) electrons. The lowest BCUT2D eigenvalue weighted by atomic mass is 10.2. The summed E-state index contributed by atoms with van der Waals surface area (Å²) in [5, 5.41) is 5.52. The molecule has 1 fully saturated rings. The number of rotatable bonds is 8. The molecule has 7 nitrogen and oxygen atoms in total. The van der Waals surface area contributed by atoms with Gasteiger partial charge in [-0.1, -0.05) is 0 Å². The van der Waals surface area contributed by atoms with Crippen LogP contribution in [0.25, 0.3) is 0 Å². The minimum absolute atomic E-state index is 0.0804. The second kappa shape index (κ2) is 8.84. The molecule has 2 N–H and O–H groups in total. The summed E-state index contributed by atoms with van der Waals surface area (Å²) in [6.07, 6.45) is -0.0884. The molecule has 0 aromatic carbocycles. The lowest BCUT2D eigenvalue weighted by molar-refractivity contribution is -0.131. The van der Waals surface area contributed by atoms with Crippen LogP contribution in [0.2, 0.25) is 0 Å². The third-order valence-corrected chi connectivity index (χ3v) is 3.25. The van der Waals surface area contributed by atoms with E-state index in [4.69, 9.17) is 9.47 Å². The molecule has 3 amide bonds. The average Bonchev–Trinajstić information content (AvgIpc) is 2.77. The summed E-state index contributed by atoms with van der Waals surface area (Å²) < 4.78 is 10.7. The lowest BCUT2D eigenvalue weighted by Gasteiger charge is -2.21. The Morgan fingerprint density at radius 2 is 1.95 bits per heavy atom. The summed E-state index contributed by atoms with van der Waals surface area (Å²) in [6.45, 7) is 9.56. The van der Waals surface area contributed by atoms with Gasteiger partial charge in [-0.05, 0) is 27.7 Å². The van der Waals surface area contributed by atoms with E-state index in [0.29, 0.717) is 26.2 Å². The maximum absolute atomic E-state index is 11.8. The normalized spacial score (nSPS) is 18.7. The number of carbonyl (C=O) groups is 2. The van der Waals surface area contributed by atoms with Crippen LogP contribution in [0.4, 0.5) is 4.79 Å². The Morgan fingerprint density at radius 3 is 2.43 bits per heavy atom. The van der Waals surface area contributed by atoms with Gasteiger partial charge in [-0.2, -0.15) is 0 Å². The topological polar surface area (TPSA) is 79.9 Å². The maximum atomic E-state index is 11.8. The zero-order valence-electron chi connectivity index (χ0n) is 13.3. The smallest absolute Gasteiger partial charge is 0.315 e. The number of ether oxygens (including phenoxy) is 2. The van der Waals surface area contributed by atoms with Gasteiger partial charge in [0.05, 0.1) is 12.6 Å². The molecule has 1 unspecified atom stereocenters. The van der Waals surface area contributed by atoms with Gasteiger partial charge in [-0.3, -0.25) is 4.79 Å². The van der Waals surface area contributed by atoms with Gasteiger partial charge in [0.2, 0.25) is 5.91 Å². The zero-order valence-corrected chi connectivity index (χ0v) is 13.3. The molecule has 0 saturated carbocycles. The number of nitrogens with one attached hydrogen (secondary N) is 2. The van der Waals surface area contributed by atoms with Gasteiger partial charge in [0.25, 0.3) is 0 Å². The van der Waals surface area contributed by atoms with Crippen molar-refractivity contribution in [3.8, 4) is 0 Å². The third-order valence-electron chi connectivity index (χ3n) is 3.25. The van der Waals surface area contributed by atoms with Crippen molar-refractivity contribution in [3.63, 3.8) is 0 Å². The Hall–Kier alpha value is -1.34.